The van der Waals surface area contributed by atoms with E-state index in [0.717, 1.165) is 12.8 Å². The Kier molecular flexibility index (Phi) is 5.42. The van der Waals surface area contributed by atoms with Crippen LogP contribution < -0.4 is 0 Å². The van der Waals surface area contributed by atoms with Gasteiger partial charge in [-0.1, -0.05) is 56.2 Å². The monoisotopic (exact) mass is 297 g/mol. The Hall–Kier alpha value is -2.49. The lowest BCUT2D eigenvalue weighted by molar-refractivity contribution is -0.384. The van der Waals surface area contributed by atoms with Gasteiger partial charge >= 0.3 is 0 Å². The summed E-state index contributed by atoms with van der Waals surface area (Å²) in [5.41, 5.74) is 2.04. The number of ketones is 1. The molecule has 0 heterocycles. The van der Waals surface area contributed by atoms with Crippen LogP contribution in [0.4, 0.5) is 5.69 Å². The van der Waals surface area contributed by atoms with E-state index in [0.29, 0.717) is 11.1 Å². The SMILES string of the molecule is CCCCCc1ccc(C(=O)c2cccc([N+](=O)[O-])c2)cc1. The van der Waals surface area contributed by atoms with Crippen LogP contribution in [0.25, 0.3) is 0 Å². The standard InChI is InChI=1S/C18H19NO3/c1-2-3-4-6-14-9-11-15(12-10-14)18(20)16-7-5-8-17(13-16)19(21)22/h5,7-13H,2-4,6H2,1H3. The highest BCUT2D eigenvalue weighted by molar-refractivity contribution is 6.09. The first-order chi connectivity index (χ1) is 10.6. The normalized spacial score (nSPS) is 10.4. The molecule has 0 amide bonds. The smallest absolute Gasteiger partial charge is 0.270 e. The van der Waals surface area contributed by atoms with E-state index < -0.39 is 4.92 Å². The Morgan fingerprint density at radius 2 is 1.77 bits per heavy atom. The molecule has 0 bridgehead atoms. The third-order valence-electron chi connectivity index (χ3n) is 3.60. The van der Waals surface area contributed by atoms with Crippen LogP contribution in [-0.2, 0) is 6.42 Å². The molecule has 114 valence electrons. The number of nitro groups is 1. The van der Waals surface area contributed by atoms with Crippen molar-refractivity contribution in [3.8, 4) is 0 Å². The number of rotatable bonds is 7. The van der Waals surface area contributed by atoms with Crippen molar-refractivity contribution < 1.29 is 9.72 Å². The van der Waals surface area contributed by atoms with E-state index in [4.69, 9.17) is 0 Å². The second kappa shape index (κ2) is 7.50. The summed E-state index contributed by atoms with van der Waals surface area (Å²) in [5.74, 6) is -0.191. The van der Waals surface area contributed by atoms with Gasteiger partial charge in [0.2, 0.25) is 0 Å². The number of nitrogens with zero attached hydrogens (tertiary/aromatic N) is 1. The molecule has 0 N–H and O–H groups in total. The summed E-state index contributed by atoms with van der Waals surface area (Å²) >= 11 is 0. The zero-order valence-corrected chi connectivity index (χ0v) is 12.6. The minimum Gasteiger partial charge on any atom is -0.289 e. The average molecular weight is 297 g/mol. The number of carbonyl (C=O) groups excluding carboxylic acids is 1. The Labute approximate surface area is 129 Å². The molecule has 22 heavy (non-hydrogen) atoms. The van der Waals surface area contributed by atoms with E-state index in [2.05, 4.69) is 6.92 Å². The van der Waals surface area contributed by atoms with E-state index in [1.54, 1.807) is 18.2 Å². The molecule has 0 atom stereocenters. The molecule has 0 aromatic heterocycles. The van der Waals surface area contributed by atoms with E-state index in [1.165, 1.54) is 36.6 Å². The van der Waals surface area contributed by atoms with E-state index >= 15 is 0 Å². The first-order valence-electron chi connectivity index (χ1n) is 7.50. The van der Waals surface area contributed by atoms with Crippen LogP contribution in [0.2, 0.25) is 0 Å². The fourth-order valence-corrected chi connectivity index (χ4v) is 2.33. The quantitative estimate of drug-likeness (QED) is 0.326. The van der Waals surface area contributed by atoms with Crippen LogP contribution >= 0.6 is 0 Å². The zero-order chi connectivity index (χ0) is 15.9. The summed E-state index contributed by atoms with van der Waals surface area (Å²) < 4.78 is 0. The van der Waals surface area contributed by atoms with Gasteiger partial charge in [-0.3, -0.25) is 14.9 Å². The molecule has 0 saturated heterocycles. The predicted octanol–water partition coefficient (Wildman–Crippen LogP) is 4.56. The van der Waals surface area contributed by atoms with Gasteiger partial charge in [-0.15, -0.1) is 0 Å². The summed E-state index contributed by atoms with van der Waals surface area (Å²) in [6.07, 6.45) is 4.55. The number of aryl methyl sites for hydroxylation is 1. The van der Waals surface area contributed by atoms with Crippen molar-refractivity contribution in [1.82, 2.24) is 0 Å². The summed E-state index contributed by atoms with van der Waals surface area (Å²) in [4.78, 5) is 22.7. The minimum atomic E-state index is -0.492. The average Bonchev–Trinajstić information content (AvgIpc) is 2.55. The topological polar surface area (TPSA) is 60.2 Å². The highest BCUT2D eigenvalue weighted by atomic mass is 16.6. The summed E-state index contributed by atoms with van der Waals surface area (Å²) in [6.45, 7) is 2.17. The molecular weight excluding hydrogens is 278 g/mol. The molecule has 2 aromatic rings. The summed E-state index contributed by atoms with van der Waals surface area (Å²) in [6, 6.07) is 13.3. The number of carbonyl (C=O) groups is 1. The Morgan fingerprint density at radius 3 is 2.41 bits per heavy atom. The van der Waals surface area contributed by atoms with Crippen molar-refractivity contribution in [2.24, 2.45) is 0 Å². The lowest BCUT2D eigenvalue weighted by Gasteiger charge is -2.04. The molecule has 2 rings (SSSR count). The van der Waals surface area contributed by atoms with Crippen molar-refractivity contribution in [3.63, 3.8) is 0 Å². The third-order valence-corrected chi connectivity index (χ3v) is 3.60. The predicted molar refractivity (Wildman–Crippen MR) is 86.2 cm³/mol. The fourth-order valence-electron chi connectivity index (χ4n) is 2.33. The third kappa shape index (κ3) is 4.01. The van der Waals surface area contributed by atoms with Crippen LogP contribution in [-0.4, -0.2) is 10.7 Å². The largest absolute Gasteiger partial charge is 0.289 e. The Morgan fingerprint density at radius 1 is 1.05 bits per heavy atom. The highest BCUT2D eigenvalue weighted by Gasteiger charge is 2.13. The number of nitro benzene ring substituents is 1. The van der Waals surface area contributed by atoms with Gasteiger partial charge in [-0.25, -0.2) is 0 Å². The number of hydrogen-bond acceptors (Lipinski definition) is 3. The Bertz CT molecular complexity index is 662. The molecule has 0 spiro atoms. The fraction of sp³-hybridized carbons (Fsp3) is 0.278. The van der Waals surface area contributed by atoms with Gasteiger partial charge in [0.25, 0.3) is 5.69 Å². The minimum absolute atomic E-state index is 0.0676. The van der Waals surface area contributed by atoms with Gasteiger partial charge in [-0.05, 0) is 18.4 Å². The van der Waals surface area contributed by atoms with Gasteiger partial charge < -0.3 is 0 Å². The number of hydrogen-bond donors (Lipinski definition) is 0. The van der Waals surface area contributed by atoms with Gasteiger partial charge in [0, 0.05) is 23.3 Å². The molecule has 4 heteroatoms. The zero-order valence-electron chi connectivity index (χ0n) is 12.6. The van der Waals surface area contributed by atoms with Crippen molar-refractivity contribution in [1.29, 1.82) is 0 Å². The molecule has 0 aliphatic heterocycles. The molecule has 0 radical (unpaired) electrons. The Balaban J connectivity index is 2.12. The first kappa shape index (κ1) is 15.9. The van der Waals surface area contributed by atoms with Gasteiger partial charge in [-0.2, -0.15) is 0 Å². The van der Waals surface area contributed by atoms with Crippen LogP contribution in [0.5, 0.6) is 0 Å². The molecule has 0 aliphatic carbocycles. The van der Waals surface area contributed by atoms with Gasteiger partial charge in [0.15, 0.2) is 5.78 Å². The van der Waals surface area contributed by atoms with Crippen molar-refractivity contribution in [2.45, 2.75) is 32.6 Å². The lowest BCUT2D eigenvalue weighted by Crippen LogP contribution is -2.02. The number of unbranched alkanes of at least 4 members (excludes halogenated alkanes) is 2. The van der Waals surface area contributed by atoms with Crippen LogP contribution in [0.1, 0.15) is 47.7 Å². The van der Waals surface area contributed by atoms with Crippen LogP contribution in [0.15, 0.2) is 48.5 Å². The number of benzene rings is 2. The van der Waals surface area contributed by atoms with Gasteiger partial charge in [0.1, 0.15) is 0 Å². The molecular formula is C18H19NO3. The molecule has 4 nitrogen and oxygen atoms in total. The molecule has 2 aromatic carbocycles. The van der Waals surface area contributed by atoms with Gasteiger partial charge in [0.05, 0.1) is 4.92 Å². The maximum Gasteiger partial charge on any atom is 0.270 e. The lowest BCUT2D eigenvalue weighted by atomic mass is 10.00. The highest BCUT2D eigenvalue weighted by Crippen LogP contribution is 2.17. The van der Waals surface area contributed by atoms with Crippen molar-refractivity contribution in [3.05, 3.63) is 75.3 Å². The van der Waals surface area contributed by atoms with Crippen molar-refractivity contribution in [2.75, 3.05) is 0 Å². The van der Waals surface area contributed by atoms with Crippen LogP contribution in [0, 0.1) is 10.1 Å². The molecule has 0 fully saturated rings. The first-order valence-corrected chi connectivity index (χ1v) is 7.50. The summed E-state index contributed by atoms with van der Waals surface area (Å²) in [7, 11) is 0. The van der Waals surface area contributed by atoms with E-state index in [-0.39, 0.29) is 11.5 Å². The number of non-ortho nitro benzene ring substituents is 1. The molecule has 0 unspecified atom stereocenters. The second-order valence-corrected chi connectivity index (χ2v) is 5.29. The van der Waals surface area contributed by atoms with Crippen molar-refractivity contribution >= 4 is 11.5 Å². The molecule has 0 saturated carbocycles. The molecule has 0 aliphatic rings. The maximum atomic E-state index is 12.4. The second-order valence-electron chi connectivity index (χ2n) is 5.29. The maximum absolute atomic E-state index is 12.4. The van der Waals surface area contributed by atoms with Crippen LogP contribution in [0.3, 0.4) is 0 Å². The summed E-state index contributed by atoms with van der Waals surface area (Å²) in [5, 5.41) is 10.8. The van der Waals surface area contributed by atoms with E-state index in [9.17, 15) is 14.9 Å². The van der Waals surface area contributed by atoms with E-state index in [1.807, 2.05) is 12.1 Å².